The van der Waals surface area contributed by atoms with Gasteiger partial charge in [-0.05, 0) is 62.8 Å². The molecule has 0 aromatic carbocycles. The van der Waals surface area contributed by atoms with Crippen molar-refractivity contribution >= 4 is 11.6 Å². The Hall–Kier alpha value is 0.0200. The van der Waals surface area contributed by atoms with Crippen molar-refractivity contribution in [3.05, 3.63) is 0 Å². The van der Waals surface area contributed by atoms with Gasteiger partial charge in [-0.3, -0.25) is 15.5 Å². The molecule has 5 aliphatic rings. The smallest absolute Gasteiger partial charge is 0.120 e. The van der Waals surface area contributed by atoms with E-state index in [4.69, 9.17) is 11.6 Å². The molecule has 5 fully saturated rings. The molecule has 0 spiro atoms. The third kappa shape index (κ3) is 4.06. The summed E-state index contributed by atoms with van der Waals surface area (Å²) in [7, 11) is 0. The molecule has 5 rings (SSSR count). The first-order valence-corrected chi connectivity index (χ1v) is 12.8. The number of halogens is 2. The number of alkyl halides is 2. The lowest BCUT2D eigenvalue weighted by atomic mass is 9.57. The Balaban J connectivity index is 1.35. The van der Waals surface area contributed by atoms with Crippen LogP contribution in [0.25, 0.3) is 0 Å². The minimum absolute atomic E-state index is 0.0750. The summed E-state index contributed by atoms with van der Waals surface area (Å²) in [6.07, 6.45) is 7.58. The van der Waals surface area contributed by atoms with Gasteiger partial charge >= 0.3 is 0 Å². The molecule has 3 saturated carbocycles. The van der Waals surface area contributed by atoms with Gasteiger partial charge in [0.2, 0.25) is 0 Å². The van der Waals surface area contributed by atoms with Crippen LogP contribution in [0.5, 0.6) is 0 Å². The number of rotatable bonds is 2. The summed E-state index contributed by atoms with van der Waals surface area (Å²) >= 11 is 7.00. The minimum Gasteiger partial charge on any atom is -0.393 e. The zero-order chi connectivity index (χ0) is 20.8. The summed E-state index contributed by atoms with van der Waals surface area (Å²) < 4.78 is 16.2. The van der Waals surface area contributed by atoms with Crippen LogP contribution in [-0.4, -0.2) is 70.8 Å². The molecule has 4 N–H and O–H groups in total. The molecule has 30 heavy (non-hydrogen) atoms. The lowest BCUT2D eigenvalue weighted by Crippen LogP contribution is -2.70. The molecule has 0 aromatic rings. The Morgan fingerprint density at radius 1 is 0.867 bits per heavy atom. The number of fused-ring (bicyclic) bond motifs is 2. The van der Waals surface area contributed by atoms with Crippen LogP contribution >= 0.6 is 11.6 Å². The fourth-order valence-electron chi connectivity index (χ4n) is 7.87. The average molecular weight is 444 g/mol. The van der Waals surface area contributed by atoms with Gasteiger partial charge in [-0.1, -0.05) is 19.3 Å². The van der Waals surface area contributed by atoms with Crippen LogP contribution in [0.2, 0.25) is 0 Å². The van der Waals surface area contributed by atoms with Crippen molar-refractivity contribution in [3.8, 4) is 0 Å². The first kappa shape index (κ1) is 21.8. The van der Waals surface area contributed by atoms with Gasteiger partial charge < -0.3 is 10.2 Å². The lowest BCUT2D eigenvalue weighted by molar-refractivity contribution is -0.0789. The van der Waals surface area contributed by atoms with Crippen LogP contribution in [0.3, 0.4) is 0 Å². The van der Waals surface area contributed by atoms with Gasteiger partial charge in [-0.15, -0.1) is 11.6 Å². The van der Waals surface area contributed by atoms with E-state index in [2.05, 4.69) is 15.5 Å². The van der Waals surface area contributed by atoms with Crippen LogP contribution in [0.15, 0.2) is 0 Å². The predicted octanol–water partition coefficient (Wildman–Crippen LogP) is 2.45. The Bertz CT molecular complexity index is 601. The summed E-state index contributed by atoms with van der Waals surface area (Å²) in [5.41, 5.74) is 0. The van der Waals surface area contributed by atoms with E-state index in [1.54, 1.807) is 0 Å². The molecule has 0 amide bonds. The summed E-state index contributed by atoms with van der Waals surface area (Å²) in [5, 5.41) is 27.5. The Morgan fingerprint density at radius 2 is 1.70 bits per heavy atom. The highest BCUT2D eigenvalue weighted by Crippen LogP contribution is 2.52. The van der Waals surface area contributed by atoms with E-state index >= 15 is 4.39 Å². The summed E-state index contributed by atoms with van der Waals surface area (Å²) in [5.74, 6) is 1.20. The van der Waals surface area contributed by atoms with Crippen molar-refractivity contribution in [2.75, 3.05) is 19.8 Å². The second-order valence-electron chi connectivity index (χ2n) is 10.8. The van der Waals surface area contributed by atoms with Gasteiger partial charge in [-0.25, -0.2) is 4.39 Å². The van der Waals surface area contributed by atoms with Crippen LogP contribution < -0.4 is 10.6 Å². The number of likely N-dealkylation sites (tertiary alicyclic amines) is 1. The Morgan fingerprint density at radius 3 is 2.53 bits per heavy atom. The number of nitrogens with zero attached hydrogens (tertiary/aromatic N) is 1. The standard InChI is InChI=1S/C23H39ClFN3O2/c24-19-10-18-22(26-12-27-23(18)28-7-3-5-14(29)11-28)21(25)20(19)17-9-15(30)8-13-4-1-2-6-16(13)17/h13-23,26-27,29-30H,1-12H2. The molecule has 2 heterocycles. The number of aliphatic hydroxyl groups is 2. The average Bonchev–Trinajstić information content (AvgIpc) is 2.73. The van der Waals surface area contributed by atoms with Crippen LogP contribution in [0.4, 0.5) is 4.39 Å². The number of nitrogens with one attached hydrogen (secondary N) is 2. The lowest BCUT2D eigenvalue weighted by Gasteiger charge is -2.55. The quantitative estimate of drug-likeness (QED) is 0.494. The molecular formula is C23H39ClFN3O2. The van der Waals surface area contributed by atoms with Crippen molar-refractivity contribution in [3.63, 3.8) is 0 Å². The SMILES string of the molecule is OC1CC2CCCCC2C(C2C(Cl)CC3C(NCNC3N3CCCC(O)C3)C2F)C1. The van der Waals surface area contributed by atoms with E-state index in [1.165, 1.54) is 25.7 Å². The molecule has 0 radical (unpaired) electrons. The molecule has 172 valence electrons. The monoisotopic (exact) mass is 443 g/mol. The number of aliphatic hydroxyl groups excluding tert-OH is 2. The summed E-state index contributed by atoms with van der Waals surface area (Å²) in [4.78, 5) is 2.31. The molecule has 5 nitrogen and oxygen atoms in total. The number of β-amino-alcohol motifs (C(OH)–C–C–N with tert-alkyl or cyclic N) is 1. The highest BCUT2D eigenvalue weighted by atomic mass is 35.5. The zero-order valence-corrected chi connectivity index (χ0v) is 18.7. The largest absolute Gasteiger partial charge is 0.393 e. The molecular weight excluding hydrogens is 405 g/mol. The number of piperidine rings is 1. The second kappa shape index (κ2) is 9.11. The van der Waals surface area contributed by atoms with Gasteiger partial charge in [0, 0.05) is 36.5 Å². The molecule has 7 heteroatoms. The van der Waals surface area contributed by atoms with Crippen molar-refractivity contribution in [2.24, 2.45) is 29.6 Å². The molecule has 11 unspecified atom stereocenters. The third-order valence-corrected chi connectivity index (χ3v) is 9.56. The molecule has 2 aliphatic heterocycles. The third-order valence-electron chi connectivity index (χ3n) is 9.09. The van der Waals surface area contributed by atoms with E-state index in [1.807, 2.05) is 0 Å². The van der Waals surface area contributed by atoms with Crippen molar-refractivity contribution in [1.82, 2.24) is 15.5 Å². The van der Waals surface area contributed by atoms with Crippen LogP contribution in [0, 0.1) is 29.6 Å². The molecule has 0 aromatic heterocycles. The van der Waals surface area contributed by atoms with Crippen LogP contribution in [-0.2, 0) is 0 Å². The summed E-state index contributed by atoms with van der Waals surface area (Å²) in [6.45, 7) is 2.20. The highest BCUT2D eigenvalue weighted by Gasteiger charge is 2.55. The van der Waals surface area contributed by atoms with E-state index < -0.39 is 6.17 Å². The summed E-state index contributed by atoms with van der Waals surface area (Å²) in [6, 6.07) is -0.198. The molecule has 2 saturated heterocycles. The maximum atomic E-state index is 16.2. The van der Waals surface area contributed by atoms with Gasteiger partial charge in [0.05, 0.1) is 18.4 Å². The first-order chi connectivity index (χ1) is 14.5. The van der Waals surface area contributed by atoms with Crippen molar-refractivity contribution in [1.29, 1.82) is 0 Å². The van der Waals surface area contributed by atoms with Gasteiger partial charge in [0.1, 0.15) is 6.17 Å². The topological polar surface area (TPSA) is 67.8 Å². The van der Waals surface area contributed by atoms with E-state index in [9.17, 15) is 10.2 Å². The number of hydrogen-bond donors (Lipinski definition) is 4. The van der Waals surface area contributed by atoms with Crippen molar-refractivity contribution in [2.45, 2.75) is 93.8 Å². The van der Waals surface area contributed by atoms with Gasteiger partial charge in [0.15, 0.2) is 0 Å². The zero-order valence-electron chi connectivity index (χ0n) is 17.9. The van der Waals surface area contributed by atoms with Gasteiger partial charge in [0.25, 0.3) is 0 Å². The Kier molecular flexibility index (Phi) is 6.63. The van der Waals surface area contributed by atoms with Crippen molar-refractivity contribution < 1.29 is 14.6 Å². The molecule has 3 aliphatic carbocycles. The fraction of sp³-hybridized carbons (Fsp3) is 1.00. The minimum atomic E-state index is -0.983. The fourth-order valence-corrected chi connectivity index (χ4v) is 8.40. The molecule has 0 bridgehead atoms. The number of hydrogen-bond acceptors (Lipinski definition) is 5. The highest BCUT2D eigenvalue weighted by molar-refractivity contribution is 6.21. The Labute approximate surface area is 185 Å². The van der Waals surface area contributed by atoms with Crippen LogP contribution in [0.1, 0.15) is 57.8 Å². The van der Waals surface area contributed by atoms with Gasteiger partial charge in [-0.2, -0.15) is 0 Å². The van der Waals surface area contributed by atoms with E-state index in [0.717, 1.165) is 32.2 Å². The van der Waals surface area contributed by atoms with E-state index in [0.29, 0.717) is 31.5 Å². The predicted molar refractivity (Wildman–Crippen MR) is 116 cm³/mol. The molecule has 11 atom stereocenters. The second-order valence-corrected chi connectivity index (χ2v) is 11.3. The first-order valence-electron chi connectivity index (χ1n) is 12.4. The maximum Gasteiger partial charge on any atom is 0.120 e. The maximum absolute atomic E-state index is 16.2. The normalized spacial score (nSPS) is 53.0. The van der Waals surface area contributed by atoms with E-state index in [-0.39, 0.29) is 47.5 Å².